The van der Waals surface area contributed by atoms with Gasteiger partial charge < -0.3 is 19.0 Å². The number of carbonyl (C=O) groups is 2. The molecule has 3 rings (SSSR count). The first-order valence-electron chi connectivity index (χ1n) is 7.50. The predicted octanol–water partition coefficient (Wildman–Crippen LogP) is 2.71. The van der Waals surface area contributed by atoms with Crippen molar-refractivity contribution in [2.24, 2.45) is 0 Å². The molecule has 1 fully saturated rings. The first-order chi connectivity index (χ1) is 11.5. The Kier molecular flexibility index (Phi) is 4.16. The second-order valence-corrected chi connectivity index (χ2v) is 5.39. The monoisotopic (exact) mass is 331 g/mol. The van der Waals surface area contributed by atoms with Gasteiger partial charge in [-0.1, -0.05) is 12.1 Å². The van der Waals surface area contributed by atoms with Gasteiger partial charge in [0.05, 0.1) is 7.11 Å². The van der Waals surface area contributed by atoms with E-state index >= 15 is 0 Å². The van der Waals surface area contributed by atoms with Crippen LogP contribution in [0.4, 0.5) is 5.88 Å². The highest BCUT2D eigenvalue weighted by molar-refractivity contribution is 5.97. The third-order valence-corrected chi connectivity index (χ3v) is 3.72. The maximum absolute atomic E-state index is 12.0. The van der Waals surface area contributed by atoms with E-state index in [9.17, 15) is 14.7 Å². The number of amides is 1. The standard InChI is InChI=1S/C17H17NO6/c1-10(19)23-16-14(21)15(11-5-3-6-12(9-11)22-2)24-17(16)18-8-4-7-13(18)20/h3,5-6,9,21H,4,7-8H2,1-2H3. The second kappa shape index (κ2) is 6.27. The molecule has 1 N–H and O–H groups in total. The van der Waals surface area contributed by atoms with E-state index < -0.39 is 5.97 Å². The van der Waals surface area contributed by atoms with Crippen molar-refractivity contribution >= 4 is 17.8 Å². The highest BCUT2D eigenvalue weighted by atomic mass is 16.6. The molecule has 0 aliphatic carbocycles. The molecule has 0 spiro atoms. The number of methoxy groups -OCH3 is 1. The average Bonchev–Trinajstić information content (AvgIpc) is 3.11. The highest BCUT2D eigenvalue weighted by Gasteiger charge is 2.33. The number of carbonyl (C=O) groups excluding carboxylic acids is 2. The SMILES string of the molecule is COc1cccc(-c2oc(N3CCCC3=O)c(OC(C)=O)c2O)c1. The average molecular weight is 331 g/mol. The van der Waals surface area contributed by atoms with Gasteiger partial charge in [-0.2, -0.15) is 0 Å². The Morgan fingerprint density at radius 1 is 1.38 bits per heavy atom. The summed E-state index contributed by atoms with van der Waals surface area (Å²) >= 11 is 0. The van der Waals surface area contributed by atoms with E-state index in [1.54, 1.807) is 24.3 Å². The number of hydrogen-bond donors (Lipinski definition) is 1. The van der Waals surface area contributed by atoms with Crippen molar-refractivity contribution < 1.29 is 28.6 Å². The predicted molar refractivity (Wildman–Crippen MR) is 85.3 cm³/mol. The topological polar surface area (TPSA) is 89.2 Å². The fourth-order valence-electron chi connectivity index (χ4n) is 2.63. The quantitative estimate of drug-likeness (QED) is 0.867. The van der Waals surface area contributed by atoms with Crippen molar-refractivity contribution in [1.82, 2.24) is 0 Å². The van der Waals surface area contributed by atoms with Gasteiger partial charge in [-0.25, -0.2) is 0 Å². The third kappa shape index (κ3) is 2.80. The number of ether oxygens (including phenoxy) is 2. The van der Waals surface area contributed by atoms with Crippen LogP contribution in [-0.4, -0.2) is 30.6 Å². The first-order valence-corrected chi connectivity index (χ1v) is 7.50. The number of nitrogens with zero attached hydrogens (tertiary/aromatic N) is 1. The van der Waals surface area contributed by atoms with Gasteiger partial charge in [0.2, 0.25) is 17.4 Å². The molecule has 24 heavy (non-hydrogen) atoms. The Balaban J connectivity index is 2.11. The Hall–Kier alpha value is -2.96. The Morgan fingerprint density at radius 2 is 2.17 bits per heavy atom. The number of hydrogen-bond acceptors (Lipinski definition) is 6. The largest absolute Gasteiger partial charge is 0.502 e. The van der Waals surface area contributed by atoms with Crippen LogP contribution in [0.3, 0.4) is 0 Å². The fraction of sp³-hybridized carbons (Fsp3) is 0.294. The van der Waals surface area contributed by atoms with Gasteiger partial charge in [-0.15, -0.1) is 0 Å². The van der Waals surface area contributed by atoms with Crippen molar-refractivity contribution in [2.45, 2.75) is 19.8 Å². The summed E-state index contributed by atoms with van der Waals surface area (Å²) in [7, 11) is 1.53. The molecule has 2 heterocycles. The zero-order valence-electron chi connectivity index (χ0n) is 13.4. The van der Waals surface area contributed by atoms with Gasteiger partial charge in [0.25, 0.3) is 5.88 Å². The van der Waals surface area contributed by atoms with Crippen LogP contribution < -0.4 is 14.4 Å². The van der Waals surface area contributed by atoms with E-state index in [0.717, 1.165) is 0 Å². The van der Waals surface area contributed by atoms with Crippen LogP contribution in [0.25, 0.3) is 11.3 Å². The van der Waals surface area contributed by atoms with Crippen molar-refractivity contribution in [3.05, 3.63) is 24.3 Å². The molecular formula is C17H17NO6. The van der Waals surface area contributed by atoms with Gasteiger partial charge in [-0.05, 0) is 18.6 Å². The minimum atomic E-state index is -0.615. The van der Waals surface area contributed by atoms with E-state index in [4.69, 9.17) is 13.9 Å². The molecule has 0 bridgehead atoms. The second-order valence-electron chi connectivity index (χ2n) is 5.39. The number of esters is 1. The number of benzene rings is 1. The number of furan rings is 1. The summed E-state index contributed by atoms with van der Waals surface area (Å²) < 4.78 is 16.0. The van der Waals surface area contributed by atoms with Crippen LogP contribution in [-0.2, 0) is 9.59 Å². The lowest BCUT2D eigenvalue weighted by atomic mass is 10.1. The number of anilines is 1. The zero-order valence-corrected chi connectivity index (χ0v) is 13.4. The first kappa shape index (κ1) is 15.9. The van der Waals surface area contributed by atoms with Crippen LogP contribution >= 0.6 is 0 Å². The van der Waals surface area contributed by atoms with Crippen molar-refractivity contribution in [1.29, 1.82) is 0 Å². The molecule has 0 atom stereocenters. The summed E-state index contributed by atoms with van der Waals surface area (Å²) in [6.07, 6.45) is 1.06. The molecule has 1 amide bonds. The van der Waals surface area contributed by atoms with Crippen LogP contribution in [0.15, 0.2) is 28.7 Å². The Morgan fingerprint density at radius 3 is 2.79 bits per heavy atom. The molecule has 0 saturated carbocycles. The molecular weight excluding hydrogens is 314 g/mol. The van der Waals surface area contributed by atoms with Crippen LogP contribution in [0.5, 0.6) is 17.2 Å². The van der Waals surface area contributed by atoms with Gasteiger partial charge in [0, 0.05) is 25.5 Å². The van der Waals surface area contributed by atoms with E-state index in [1.807, 2.05) is 0 Å². The minimum Gasteiger partial charge on any atom is -0.502 e. The minimum absolute atomic E-state index is 0.0445. The maximum atomic E-state index is 12.0. The zero-order chi connectivity index (χ0) is 17.3. The smallest absolute Gasteiger partial charge is 0.308 e. The normalized spacial score (nSPS) is 14.1. The van der Waals surface area contributed by atoms with Gasteiger partial charge in [-0.3, -0.25) is 14.5 Å². The lowest BCUT2D eigenvalue weighted by Gasteiger charge is -2.13. The Labute approximate surface area is 138 Å². The lowest BCUT2D eigenvalue weighted by Crippen LogP contribution is -2.24. The summed E-state index contributed by atoms with van der Waals surface area (Å²) in [6, 6.07) is 6.88. The van der Waals surface area contributed by atoms with Crippen LogP contribution in [0, 0.1) is 0 Å². The van der Waals surface area contributed by atoms with E-state index in [2.05, 4.69) is 0 Å². The third-order valence-electron chi connectivity index (χ3n) is 3.72. The molecule has 7 heteroatoms. The lowest BCUT2D eigenvalue weighted by molar-refractivity contribution is -0.132. The summed E-state index contributed by atoms with van der Waals surface area (Å²) in [5.74, 6) is -0.492. The Bertz CT molecular complexity index is 794. The molecule has 126 valence electrons. The fourth-order valence-corrected chi connectivity index (χ4v) is 2.63. The molecule has 1 aromatic heterocycles. The van der Waals surface area contributed by atoms with E-state index in [1.165, 1.54) is 18.9 Å². The molecule has 0 unspecified atom stereocenters. The van der Waals surface area contributed by atoms with Gasteiger partial charge >= 0.3 is 5.97 Å². The summed E-state index contributed by atoms with van der Waals surface area (Å²) in [4.78, 5) is 24.7. The highest BCUT2D eigenvalue weighted by Crippen LogP contribution is 2.48. The number of aromatic hydroxyl groups is 1. The number of rotatable bonds is 4. The molecule has 7 nitrogen and oxygen atoms in total. The maximum Gasteiger partial charge on any atom is 0.308 e. The molecule has 2 aromatic rings. The van der Waals surface area contributed by atoms with Crippen molar-refractivity contribution in [3.63, 3.8) is 0 Å². The van der Waals surface area contributed by atoms with Crippen LogP contribution in [0.2, 0.25) is 0 Å². The molecule has 0 radical (unpaired) electrons. The van der Waals surface area contributed by atoms with E-state index in [0.29, 0.717) is 30.7 Å². The van der Waals surface area contributed by atoms with E-state index in [-0.39, 0.29) is 29.1 Å². The molecule has 1 saturated heterocycles. The van der Waals surface area contributed by atoms with Crippen molar-refractivity contribution in [3.8, 4) is 28.6 Å². The molecule has 1 aliphatic heterocycles. The van der Waals surface area contributed by atoms with Crippen molar-refractivity contribution in [2.75, 3.05) is 18.6 Å². The summed E-state index contributed by atoms with van der Waals surface area (Å²) in [5.41, 5.74) is 0.540. The van der Waals surface area contributed by atoms with Gasteiger partial charge in [0.15, 0.2) is 5.76 Å². The van der Waals surface area contributed by atoms with Gasteiger partial charge in [0.1, 0.15) is 5.75 Å². The molecule has 1 aromatic carbocycles. The molecule has 1 aliphatic rings. The van der Waals surface area contributed by atoms with Crippen LogP contribution in [0.1, 0.15) is 19.8 Å². The summed E-state index contributed by atoms with van der Waals surface area (Å²) in [5, 5.41) is 10.5. The summed E-state index contributed by atoms with van der Waals surface area (Å²) in [6.45, 7) is 1.66.